The molecule has 0 aliphatic heterocycles. The minimum atomic E-state index is -0.276. The topological polar surface area (TPSA) is 50.4 Å². The molecule has 0 atom stereocenters. The molecular weight excluding hydrogens is 256 g/mol. The van der Waals surface area contributed by atoms with E-state index in [2.05, 4.69) is 10.9 Å². The maximum absolute atomic E-state index is 11.8. The fourth-order valence-electron chi connectivity index (χ4n) is 1.17. The van der Waals surface area contributed by atoms with E-state index >= 15 is 0 Å². The Balaban J connectivity index is 2.61. The number of thiocarbonyl (C=S) groups is 1. The average Bonchev–Trinajstić information content (AvgIpc) is 2.36. The van der Waals surface area contributed by atoms with Crippen LogP contribution in [0.25, 0.3) is 0 Å². The molecule has 92 valence electrons. The third-order valence-electron chi connectivity index (χ3n) is 1.91. The number of carbonyl (C=O) groups excluding carboxylic acids is 1. The molecule has 1 rings (SSSR count). The molecule has 2 N–H and O–H groups in total. The van der Waals surface area contributed by atoms with Crippen LogP contribution in [0.15, 0.2) is 24.3 Å². The molecule has 0 bridgehead atoms. The molecular formula is C11H14N2O2S2. The third kappa shape index (κ3) is 4.24. The van der Waals surface area contributed by atoms with Gasteiger partial charge in [-0.1, -0.05) is 43.0 Å². The molecule has 0 saturated carbocycles. The highest BCUT2D eigenvalue weighted by Crippen LogP contribution is 2.16. The van der Waals surface area contributed by atoms with E-state index in [-0.39, 0.29) is 5.91 Å². The predicted molar refractivity (Wildman–Crippen MR) is 74.3 cm³/mol. The normalized spacial score (nSPS) is 9.53. The molecule has 0 saturated heterocycles. The van der Waals surface area contributed by atoms with Crippen molar-refractivity contribution < 1.29 is 9.53 Å². The van der Waals surface area contributed by atoms with Crippen LogP contribution in [-0.2, 0) is 0 Å². The van der Waals surface area contributed by atoms with Crippen molar-refractivity contribution in [1.82, 2.24) is 10.9 Å². The summed E-state index contributed by atoms with van der Waals surface area (Å²) in [6, 6.07) is 7.00. The van der Waals surface area contributed by atoms with Crippen LogP contribution in [0, 0.1) is 0 Å². The van der Waals surface area contributed by atoms with Gasteiger partial charge in [-0.2, -0.15) is 0 Å². The van der Waals surface area contributed by atoms with E-state index in [0.717, 1.165) is 5.75 Å². The van der Waals surface area contributed by atoms with Crippen LogP contribution >= 0.6 is 24.0 Å². The monoisotopic (exact) mass is 270 g/mol. The van der Waals surface area contributed by atoms with Crippen LogP contribution < -0.4 is 15.6 Å². The van der Waals surface area contributed by atoms with Crippen LogP contribution in [0.4, 0.5) is 0 Å². The Morgan fingerprint density at radius 2 is 2.12 bits per heavy atom. The van der Waals surface area contributed by atoms with Gasteiger partial charge in [0.05, 0.1) is 12.7 Å². The lowest BCUT2D eigenvalue weighted by Crippen LogP contribution is -2.39. The summed E-state index contributed by atoms with van der Waals surface area (Å²) in [7, 11) is 1.52. The fraction of sp³-hybridized carbons (Fsp3) is 0.273. The van der Waals surface area contributed by atoms with Crippen molar-refractivity contribution in [3.63, 3.8) is 0 Å². The summed E-state index contributed by atoms with van der Waals surface area (Å²) in [6.45, 7) is 1.99. The smallest absolute Gasteiger partial charge is 0.273 e. The highest BCUT2D eigenvalue weighted by molar-refractivity contribution is 8.22. The minimum absolute atomic E-state index is 0.276. The van der Waals surface area contributed by atoms with E-state index in [1.54, 1.807) is 24.3 Å². The molecule has 0 spiro atoms. The summed E-state index contributed by atoms with van der Waals surface area (Å²) in [6.07, 6.45) is 0. The van der Waals surface area contributed by atoms with E-state index in [0.29, 0.717) is 15.6 Å². The second kappa shape index (κ2) is 7.13. The molecule has 0 heterocycles. The zero-order valence-electron chi connectivity index (χ0n) is 9.65. The first-order chi connectivity index (χ1) is 8.19. The van der Waals surface area contributed by atoms with E-state index in [1.807, 2.05) is 6.92 Å². The van der Waals surface area contributed by atoms with E-state index in [9.17, 15) is 4.79 Å². The number of carbonyl (C=O) groups is 1. The standard InChI is InChI=1S/C11H14N2O2S2/c1-3-17-11(16)13-12-10(14)8-6-4-5-7-9(8)15-2/h4-7H,3H2,1-2H3,(H,12,14)(H,13,16). The second-order valence-electron chi connectivity index (χ2n) is 3.00. The summed E-state index contributed by atoms with van der Waals surface area (Å²) >= 11 is 6.44. The van der Waals surface area contributed by atoms with Gasteiger partial charge in [-0.15, -0.1) is 0 Å². The Morgan fingerprint density at radius 3 is 2.76 bits per heavy atom. The fourth-order valence-corrected chi connectivity index (χ4v) is 1.96. The lowest BCUT2D eigenvalue weighted by atomic mass is 10.2. The Morgan fingerprint density at radius 1 is 1.41 bits per heavy atom. The van der Waals surface area contributed by atoms with Crippen molar-refractivity contribution in [2.45, 2.75) is 6.92 Å². The van der Waals surface area contributed by atoms with Gasteiger partial charge in [0.25, 0.3) is 5.91 Å². The first-order valence-corrected chi connectivity index (χ1v) is 6.44. The number of ether oxygens (including phenoxy) is 1. The molecule has 4 nitrogen and oxygen atoms in total. The van der Waals surface area contributed by atoms with Crippen molar-refractivity contribution in [2.75, 3.05) is 12.9 Å². The van der Waals surface area contributed by atoms with Gasteiger partial charge in [-0.3, -0.25) is 15.6 Å². The number of nitrogens with one attached hydrogen (secondary N) is 2. The quantitative estimate of drug-likeness (QED) is 0.649. The highest BCUT2D eigenvalue weighted by atomic mass is 32.2. The van der Waals surface area contributed by atoms with E-state index < -0.39 is 0 Å². The molecule has 1 amide bonds. The molecule has 0 aromatic heterocycles. The highest BCUT2D eigenvalue weighted by Gasteiger charge is 2.10. The Kier molecular flexibility index (Phi) is 5.79. The zero-order valence-corrected chi connectivity index (χ0v) is 11.3. The van der Waals surface area contributed by atoms with E-state index in [1.165, 1.54) is 18.9 Å². The van der Waals surface area contributed by atoms with Crippen LogP contribution in [0.1, 0.15) is 17.3 Å². The van der Waals surface area contributed by atoms with Crippen LogP contribution in [0.2, 0.25) is 0 Å². The summed E-state index contributed by atoms with van der Waals surface area (Å²) in [4.78, 5) is 11.8. The molecule has 0 fully saturated rings. The van der Waals surface area contributed by atoms with Gasteiger partial charge < -0.3 is 4.74 Å². The van der Waals surface area contributed by atoms with Gasteiger partial charge in [-0.05, 0) is 17.9 Å². The van der Waals surface area contributed by atoms with Crippen molar-refractivity contribution in [1.29, 1.82) is 0 Å². The lowest BCUT2D eigenvalue weighted by Gasteiger charge is -2.10. The first kappa shape index (κ1) is 13.8. The van der Waals surface area contributed by atoms with Gasteiger partial charge in [0.15, 0.2) is 4.32 Å². The number of hydrogen-bond donors (Lipinski definition) is 2. The molecule has 0 aliphatic carbocycles. The molecule has 0 radical (unpaired) electrons. The number of amides is 1. The summed E-state index contributed by atoms with van der Waals surface area (Å²) < 4.78 is 5.63. The average molecular weight is 270 g/mol. The molecule has 1 aromatic rings. The number of hydrogen-bond acceptors (Lipinski definition) is 4. The summed E-state index contributed by atoms with van der Waals surface area (Å²) in [5, 5.41) is 0. The number of thioether (sulfide) groups is 1. The summed E-state index contributed by atoms with van der Waals surface area (Å²) in [5.41, 5.74) is 5.66. The Hall–Kier alpha value is -1.27. The minimum Gasteiger partial charge on any atom is -0.496 e. The zero-order chi connectivity index (χ0) is 12.7. The number of rotatable bonds is 3. The van der Waals surface area contributed by atoms with Gasteiger partial charge in [0.2, 0.25) is 0 Å². The van der Waals surface area contributed by atoms with Crippen molar-refractivity contribution in [3.05, 3.63) is 29.8 Å². The number of hydrazine groups is 1. The Bertz CT molecular complexity index is 410. The van der Waals surface area contributed by atoms with Crippen molar-refractivity contribution in [3.8, 4) is 5.75 Å². The number of para-hydroxylation sites is 1. The van der Waals surface area contributed by atoms with Crippen molar-refractivity contribution >= 4 is 34.2 Å². The van der Waals surface area contributed by atoms with Gasteiger partial charge in [0, 0.05) is 0 Å². The number of benzene rings is 1. The number of methoxy groups -OCH3 is 1. The van der Waals surface area contributed by atoms with Crippen molar-refractivity contribution in [2.24, 2.45) is 0 Å². The lowest BCUT2D eigenvalue weighted by molar-refractivity contribution is 0.0941. The molecule has 17 heavy (non-hydrogen) atoms. The second-order valence-corrected chi connectivity index (χ2v) is 4.94. The first-order valence-electron chi connectivity index (χ1n) is 5.05. The Labute approximate surface area is 110 Å². The SMILES string of the molecule is CCSC(=S)NNC(=O)c1ccccc1OC. The van der Waals surface area contributed by atoms with Gasteiger partial charge in [0.1, 0.15) is 5.75 Å². The van der Waals surface area contributed by atoms with E-state index in [4.69, 9.17) is 17.0 Å². The maximum atomic E-state index is 11.8. The third-order valence-corrected chi connectivity index (χ3v) is 3.01. The summed E-state index contributed by atoms with van der Waals surface area (Å²) in [5.74, 6) is 1.11. The van der Waals surface area contributed by atoms with Crippen LogP contribution in [0.3, 0.4) is 0 Å². The predicted octanol–water partition coefficient (Wildman–Crippen LogP) is 1.97. The van der Waals surface area contributed by atoms with Crippen LogP contribution in [0.5, 0.6) is 5.75 Å². The molecule has 0 unspecified atom stereocenters. The van der Waals surface area contributed by atoms with Gasteiger partial charge >= 0.3 is 0 Å². The molecule has 6 heteroatoms. The van der Waals surface area contributed by atoms with Crippen LogP contribution in [-0.4, -0.2) is 23.1 Å². The molecule has 1 aromatic carbocycles. The largest absolute Gasteiger partial charge is 0.496 e. The van der Waals surface area contributed by atoms with Gasteiger partial charge in [-0.25, -0.2) is 0 Å². The maximum Gasteiger partial charge on any atom is 0.273 e. The molecule has 0 aliphatic rings.